The largest absolute Gasteiger partial charge is 0.299 e. The van der Waals surface area contributed by atoms with E-state index < -0.39 is 0 Å². The second-order valence-corrected chi connectivity index (χ2v) is 5.01. The molecular formula is C15H25N3O. The lowest BCUT2D eigenvalue weighted by Crippen LogP contribution is -2.30. The molecule has 0 heterocycles. The van der Waals surface area contributed by atoms with Crippen molar-refractivity contribution in [3.8, 4) is 0 Å². The van der Waals surface area contributed by atoms with Crippen LogP contribution in [0.5, 0.6) is 0 Å². The third kappa shape index (κ3) is 5.01. The second kappa shape index (κ2) is 7.92. The highest BCUT2D eigenvalue weighted by atomic mass is 16.2. The van der Waals surface area contributed by atoms with Crippen LogP contribution in [0.25, 0.3) is 0 Å². The molecule has 3 N–H and O–H groups in total. The smallest absolute Gasteiger partial charge is 0.265 e. The highest BCUT2D eigenvalue weighted by molar-refractivity contribution is 5.93. The first-order chi connectivity index (χ1) is 9.10. The van der Waals surface area contributed by atoms with Gasteiger partial charge in [0, 0.05) is 18.7 Å². The summed E-state index contributed by atoms with van der Waals surface area (Å²) < 4.78 is 0. The monoisotopic (exact) mass is 263 g/mol. The Morgan fingerprint density at radius 1 is 1.32 bits per heavy atom. The molecule has 0 spiro atoms. The van der Waals surface area contributed by atoms with E-state index in [-0.39, 0.29) is 5.91 Å². The first-order valence-electron chi connectivity index (χ1n) is 6.92. The molecular weight excluding hydrogens is 238 g/mol. The van der Waals surface area contributed by atoms with Crippen LogP contribution in [0.1, 0.15) is 43.1 Å². The van der Waals surface area contributed by atoms with Gasteiger partial charge in [0.15, 0.2) is 0 Å². The van der Waals surface area contributed by atoms with Gasteiger partial charge < -0.3 is 0 Å². The van der Waals surface area contributed by atoms with E-state index in [1.54, 1.807) is 0 Å². The van der Waals surface area contributed by atoms with Crippen LogP contribution in [-0.2, 0) is 6.54 Å². The number of amides is 1. The molecule has 19 heavy (non-hydrogen) atoms. The van der Waals surface area contributed by atoms with Gasteiger partial charge in [-0.25, -0.2) is 5.84 Å². The summed E-state index contributed by atoms with van der Waals surface area (Å²) in [5, 5.41) is 0. The van der Waals surface area contributed by atoms with Gasteiger partial charge in [-0.15, -0.1) is 0 Å². The number of nitrogens with zero attached hydrogens (tertiary/aromatic N) is 1. The molecule has 1 atom stereocenters. The van der Waals surface area contributed by atoms with Crippen LogP contribution in [0.3, 0.4) is 0 Å². The summed E-state index contributed by atoms with van der Waals surface area (Å²) in [5.74, 6) is 5.57. The van der Waals surface area contributed by atoms with Gasteiger partial charge in [0.25, 0.3) is 5.91 Å². The fraction of sp³-hybridized carbons (Fsp3) is 0.533. The van der Waals surface area contributed by atoms with Crippen molar-refractivity contribution in [3.63, 3.8) is 0 Å². The fourth-order valence-corrected chi connectivity index (χ4v) is 1.98. The number of nitrogens with two attached hydrogens (primary N) is 1. The van der Waals surface area contributed by atoms with Crippen LogP contribution in [0.4, 0.5) is 0 Å². The van der Waals surface area contributed by atoms with Gasteiger partial charge in [-0.1, -0.05) is 39.3 Å². The molecule has 0 aromatic heterocycles. The summed E-state index contributed by atoms with van der Waals surface area (Å²) >= 11 is 0. The molecule has 4 nitrogen and oxygen atoms in total. The van der Waals surface area contributed by atoms with Gasteiger partial charge in [-0.3, -0.25) is 15.1 Å². The topological polar surface area (TPSA) is 58.4 Å². The number of nitrogens with one attached hydrogen (secondary N) is 1. The third-order valence-electron chi connectivity index (χ3n) is 3.47. The lowest BCUT2D eigenvalue weighted by Gasteiger charge is -2.23. The minimum Gasteiger partial charge on any atom is -0.299 e. The number of carbonyl (C=O) groups excluding carboxylic acids is 1. The molecule has 1 rings (SSSR count). The molecule has 0 bridgehead atoms. The van der Waals surface area contributed by atoms with Crippen molar-refractivity contribution in [2.45, 2.75) is 33.7 Å². The Morgan fingerprint density at radius 2 is 1.95 bits per heavy atom. The van der Waals surface area contributed by atoms with E-state index in [1.165, 1.54) is 12.0 Å². The van der Waals surface area contributed by atoms with E-state index >= 15 is 0 Å². The number of hydrogen-bond donors (Lipinski definition) is 2. The lowest BCUT2D eigenvalue weighted by atomic mass is 10.1. The van der Waals surface area contributed by atoms with Gasteiger partial charge in [0.1, 0.15) is 0 Å². The molecule has 0 saturated carbocycles. The molecule has 1 aromatic carbocycles. The molecule has 0 aliphatic carbocycles. The number of hydrogen-bond acceptors (Lipinski definition) is 3. The predicted octanol–water partition coefficient (Wildman–Crippen LogP) is 2.16. The van der Waals surface area contributed by atoms with Crippen LogP contribution in [0, 0.1) is 5.92 Å². The second-order valence-electron chi connectivity index (χ2n) is 5.01. The average molecular weight is 263 g/mol. The maximum Gasteiger partial charge on any atom is 0.265 e. The predicted molar refractivity (Wildman–Crippen MR) is 78.5 cm³/mol. The number of nitrogen functional groups attached to an aromatic ring is 1. The Bertz CT molecular complexity index is 389. The summed E-state index contributed by atoms with van der Waals surface area (Å²) in [6, 6.07) is 7.61. The van der Waals surface area contributed by atoms with Gasteiger partial charge in [0.05, 0.1) is 0 Å². The van der Waals surface area contributed by atoms with E-state index in [2.05, 4.69) is 31.1 Å². The highest BCUT2D eigenvalue weighted by Gasteiger charge is 2.09. The van der Waals surface area contributed by atoms with Crippen LogP contribution in [-0.4, -0.2) is 23.9 Å². The van der Waals surface area contributed by atoms with Crippen molar-refractivity contribution < 1.29 is 4.79 Å². The minimum absolute atomic E-state index is 0.251. The molecule has 0 radical (unpaired) electrons. The quantitative estimate of drug-likeness (QED) is 0.450. The van der Waals surface area contributed by atoms with E-state index in [1.807, 2.05) is 24.3 Å². The molecule has 1 amide bonds. The molecule has 0 aliphatic heterocycles. The Hall–Kier alpha value is -1.39. The molecule has 1 unspecified atom stereocenters. The van der Waals surface area contributed by atoms with Crippen molar-refractivity contribution >= 4 is 5.91 Å². The zero-order chi connectivity index (χ0) is 14.3. The molecule has 4 heteroatoms. The van der Waals surface area contributed by atoms with Crippen LogP contribution in [0.2, 0.25) is 0 Å². The molecule has 106 valence electrons. The van der Waals surface area contributed by atoms with Crippen molar-refractivity contribution in [1.29, 1.82) is 0 Å². The molecule has 0 saturated heterocycles. The van der Waals surface area contributed by atoms with Crippen molar-refractivity contribution in [1.82, 2.24) is 10.3 Å². The fourth-order valence-electron chi connectivity index (χ4n) is 1.98. The zero-order valence-electron chi connectivity index (χ0n) is 12.1. The third-order valence-corrected chi connectivity index (χ3v) is 3.47. The minimum atomic E-state index is -0.251. The normalized spacial score (nSPS) is 12.5. The zero-order valence-corrected chi connectivity index (χ0v) is 12.1. The van der Waals surface area contributed by atoms with E-state index in [9.17, 15) is 4.79 Å². The summed E-state index contributed by atoms with van der Waals surface area (Å²) in [4.78, 5) is 13.8. The van der Waals surface area contributed by atoms with Crippen LogP contribution < -0.4 is 11.3 Å². The summed E-state index contributed by atoms with van der Waals surface area (Å²) in [7, 11) is 0. The Balaban J connectivity index is 2.62. The SMILES string of the molecule is CCC(C)CN(CC)Cc1ccc(C(=O)NN)cc1. The maximum absolute atomic E-state index is 11.3. The molecule has 0 aliphatic rings. The van der Waals surface area contributed by atoms with Gasteiger partial charge in [0.2, 0.25) is 0 Å². The number of benzene rings is 1. The molecule has 1 aromatic rings. The number of hydrazine groups is 1. The van der Waals surface area contributed by atoms with Gasteiger partial charge in [-0.05, 0) is 30.2 Å². The summed E-state index contributed by atoms with van der Waals surface area (Å²) in [6.07, 6.45) is 1.20. The molecule has 0 fully saturated rings. The van der Waals surface area contributed by atoms with Crippen LogP contribution >= 0.6 is 0 Å². The van der Waals surface area contributed by atoms with Crippen LogP contribution in [0.15, 0.2) is 24.3 Å². The number of rotatable bonds is 7. The van der Waals surface area contributed by atoms with Gasteiger partial charge in [-0.2, -0.15) is 0 Å². The summed E-state index contributed by atoms with van der Waals surface area (Å²) in [5.41, 5.74) is 3.95. The van der Waals surface area contributed by atoms with E-state index in [0.717, 1.165) is 19.6 Å². The standard InChI is InChI=1S/C15H25N3O/c1-4-12(3)10-18(5-2)11-13-6-8-14(9-7-13)15(19)17-16/h6-9,12H,4-5,10-11,16H2,1-3H3,(H,17,19). The Labute approximate surface area is 115 Å². The lowest BCUT2D eigenvalue weighted by molar-refractivity contribution is 0.0953. The number of carbonyl (C=O) groups is 1. The average Bonchev–Trinajstić information content (AvgIpc) is 2.46. The Morgan fingerprint density at radius 3 is 2.42 bits per heavy atom. The van der Waals surface area contributed by atoms with E-state index in [4.69, 9.17) is 5.84 Å². The van der Waals surface area contributed by atoms with E-state index in [0.29, 0.717) is 11.5 Å². The summed E-state index contributed by atoms with van der Waals surface area (Å²) in [6.45, 7) is 9.74. The van der Waals surface area contributed by atoms with Crippen molar-refractivity contribution in [2.24, 2.45) is 11.8 Å². The highest BCUT2D eigenvalue weighted by Crippen LogP contribution is 2.10. The van der Waals surface area contributed by atoms with Crippen molar-refractivity contribution in [3.05, 3.63) is 35.4 Å². The maximum atomic E-state index is 11.3. The first-order valence-corrected chi connectivity index (χ1v) is 6.92. The first kappa shape index (κ1) is 15.7. The van der Waals surface area contributed by atoms with Gasteiger partial charge >= 0.3 is 0 Å². The van der Waals surface area contributed by atoms with Crippen molar-refractivity contribution in [2.75, 3.05) is 13.1 Å². The Kier molecular flexibility index (Phi) is 6.53.